The Labute approximate surface area is 114 Å². The summed E-state index contributed by atoms with van der Waals surface area (Å²) in [5.74, 6) is 0.695. The molecular formula is C12H21N3O3S. The van der Waals surface area contributed by atoms with E-state index in [0.717, 1.165) is 5.56 Å². The van der Waals surface area contributed by atoms with Crippen LogP contribution in [0.1, 0.15) is 12.5 Å². The van der Waals surface area contributed by atoms with Crippen molar-refractivity contribution in [3.05, 3.63) is 23.8 Å². The van der Waals surface area contributed by atoms with Crippen LogP contribution in [0, 0.1) is 0 Å². The Bertz CT molecular complexity index is 515. The van der Waals surface area contributed by atoms with Crippen molar-refractivity contribution in [1.29, 1.82) is 0 Å². The van der Waals surface area contributed by atoms with Gasteiger partial charge < -0.3 is 10.1 Å². The summed E-state index contributed by atoms with van der Waals surface area (Å²) in [4.78, 5) is 2.62. The largest absolute Gasteiger partial charge is 0.494 e. The first-order valence-corrected chi connectivity index (χ1v) is 7.49. The fraction of sp³-hybridized carbons (Fsp3) is 0.500. The van der Waals surface area contributed by atoms with Crippen LogP contribution in [0.4, 0.5) is 0 Å². The van der Waals surface area contributed by atoms with Gasteiger partial charge in [0.05, 0.1) is 11.5 Å². The van der Waals surface area contributed by atoms with E-state index in [0.29, 0.717) is 18.9 Å². The zero-order valence-electron chi connectivity index (χ0n) is 11.7. The van der Waals surface area contributed by atoms with Crippen molar-refractivity contribution in [2.24, 2.45) is 0 Å². The first-order chi connectivity index (χ1) is 8.90. The number of nitrogens with one attached hydrogen (secondary N) is 2. The molecule has 6 nitrogen and oxygen atoms in total. The number of hydrogen-bond donors (Lipinski definition) is 2. The van der Waals surface area contributed by atoms with E-state index in [4.69, 9.17) is 4.74 Å². The summed E-state index contributed by atoms with van der Waals surface area (Å²) < 4.78 is 29.6. The number of hydrogen-bond acceptors (Lipinski definition) is 5. The van der Waals surface area contributed by atoms with Crippen molar-refractivity contribution in [2.45, 2.75) is 18.4 Å². The Morgan fingerprint density at radius 2 is 2.00 bits per heavy atom. The van der Waals surface area contributed by atoms with Crippen LogP contribution in [-0.4, -0.2) is 41.2 Å². The Morgan fingerprint density at radius 1 is 1.32 bits per heavy atom. The lowest BCUT2D eigenvalue weighted by Gasteiger charge is -2.15. The fourth-order valence-electron chi connectivity index (χ4n) is 1.64. The summed E-state index contributed by atoms with van der Waals surface area (Å²) in [6, 6.07) is 4.84. The van der Waals surface area contributed by atoms with Gasteiger partial charge in [0.1, 0.15) is 5.75 Å². The van der Waals surface area contributed by atoms with Gasteiger partial charge in [0.25, 0.3) is 10.0 Å². The van der Waals surface area contributed by atoms with E-state index >= 15 is 0 Å². The van der Waals surface area contributed by atoms with Crippen molar-refractivity contribution in [1.82, 2.24) is 15.2 Å². The summed E-state index contributed by atoms with van der Waals surface area (Å²) in [5.41, 5.74) is 0.811. The molecule has 2 N–H and O–H groups in total. The molecule has 0 aliphatic carbocycles. The lowest BCUT2D eigenvalue weighted by atomic mass is 10.2. The van der Waals surface area contributed by atoms with Crippen LogP contribution in [0.25, 0.3) is 0 Å². The van der Waals surface area contributed by atoms with Crippen LogP contribution >= 0.6 is 0 Å². The lowest BCUT2D eigenvalue weighted by molar-refractivity contribution is 0.335. The number of benzene rings is 1. The van der Waals surface area contributed by atoms with E-state index in [2.05, 4.69) is 10.1 Å². The highest BCUT2D eigenvalue weighted by molar-refractivity contribution is 7.89. The minimum absolute atomic E-state index is 0.218. The number of rotatable bonds is 7. The molecule has 0 spiro atoms. The molecule has 1 rings (SSSR count). The SMILES string of the molecule is CCOc1ccc(S(=O)(=O)NN(C)C)cc1CNC. The highest BCUT2D eigenvalue weighted by Gasteiger charge is 2.17. The Hall–Kier alpha value is -1.15. The van der Waals surface area contributed by atoms with Gasteiger partial charge in [-0.15, -0.1) is 4.83 Å². The van der Waals surface area contributed by atoms with Gasteiger partial charge in [-0.2, -0.15) is 0 Å². The molecule has 0 saturated heterocycles. The third kappa shape index (κ3) is 4.46. The number of sulfonamides is 1. The van der Waals surface area contributed by atoms with Crippen molar-refractivity contribution in [3.63, 3.8) is 0 Å². The summed E-state index contributed by atoms with van der Waals surface area (Å²) >= 11 is 0. The van der Waals surface area contributed by atoms with Gasteiger partial charge in [0.2, 0.25) is 0 Å². The van der Waals surface area contributed by atoms with E-state index in [1.807, 2.05) is 6.92 Å². The zero-order chi connectivity index (χ0) is 14.5. The second-order valence-corrected chi connectivity index (χ2v) is 5.88. The van der Waals surface area contributed by atoms with Crippen LogP contribution < -0.4 is 14.9 Å². The van der Waals surface area contributed by atoms with E-state index in [1.165, 1.54) is 11.1 Å². The molecule has 0 aromatic heterocycles. The Morgan fingerprint density at radius 3 is 2.53 bits per heavy atom. The molecule has 19 heavy (non-hydrogen) atoms. The van der Waals surface area contributed by atoms with Crippen molar-refractivity contribution in [3.8, 4) is 5.75 Å². The zero-order valence-corrected chi connectivity index (χ0v) is 12.5. The number of ether oxygens (including phenoxy) is 1. The quantitative estimate of drug-likeness (QED) is 0.717. The van der Waals surface area contributed by atoms with E-state index in [9.17, 15) is 8.42 Å². The molecule has 0 unspecified atom stereocenters. The predicted molar refractivity (Wildman–Crippen MR) is 74.4 cm³/mol. The van der Waals surface area contributed by atoms with Gasteiger partial charge in [0.15, 0.2) is 0 Å². The first kappa shape index (κ1) is 15.9. The summed E-state index contributed by atoms with van der Waals surface area (Å²) in [5, 5.41) is 4.39. The second kappa shape index (κ2) is 6.85. The lowest BCUT2D eigenvalue weighted by Crippen LogP contribution is -2.36. The maximum absolute atomic E-state index is 12.1. The number of nitrogens with zero attached hydrogens (tertiary/aromatic N) is 1. The van der Waals surface area contributed by atoms with Gasteiger partial charge in [-0.05, 0) is 32.2 Å². The molecule has 7 heteroatoms. The highest BCUT2D eigenvalue weighted by Crippen LogP contribution is 2.22. The second-order valence-electron chi connectivity index (χ2n) is 4.22. The molecule has 0 saturated carbocycles. The topological polar surface area (TPSA) is 70.7 Å². The number of hydrazine groups is 1. The van der Waals surface area contributed by atoms with Gasteiger partial charge in [-0.1, -0.05) is 0 Å². The molecule has 1 aromatic carbocycles. The summed E-state index contributed by atoms with van der Waals surface area (Å²) in [7, 11) is 1.51. The van der Waals surface area contributed by atoms with E-state index < -0.39 is 10.0 Å². The van der Waals surface area contributed by atoms with Crippen LogP contribution in [0.15, 0.2) is 23.1 Å². The summed E-state index contributed by atoms with van der Waals surface area (Å²) in [6.07, 6.45) is 0. The van der Waals surface area contributed by atoms with Crippen LogP contribution in [0.2, 0.25) is 0 Å². The fourth-order valence-corrected chi connectivity index (χ4v) is 2.77. The standard InChI is InChI=1S/C12H21N3O3S/c1-5-18-12-7-6-11(8-10(12)9-13-2)19(16,17)14-15(3)4/h6-8,13-14H,5,9H2,1-4H3. The molecule has 0 amide bonds. The minimum atomic E-state index is -3.54. The maximum atomic E-state index is 12.1. The highest BCUT2D eigenvalue weighted by atomic mass is 32.2. The van der Waals surface area contributed by atoms with Crippen LogP contribution in [-0.2, 0) is 16.6 Å². The smallest absolute Gasteiger partial charge is 0.253 e. The van der Waals surface area contributed by atoms with Gasteiger partial charge in [-0.25, -0.2) is 13.4 Å². The summed E-state index contributed by atoms with van der Waals surface area (Å²) in [6.45, 7) is 2.97. The van der Waals surface area contributed by atoms with Gasteiger partial charge in [-0.3, -0.25) is 0 Å². The van der Waals surface area contributed by atoms with Gasteiger partial charge >= 0.3 is 0 Å². The molecule has 0 fully saturated rings. The Kier molecular flexibility index (Phi) is 5.74. The molecule has 0 atom stereocenters. The predicted octanol–water partition coefficient (Wildman–Crippen LogP) is 0.560. The van der Waals surface area contributed by atoms with Crippen LogP contribution in [0.5, 0.6) is 5.75 Å². The monoisotopic (exact) mass is 287 g/mol. The third-order valence-electron chi connectivity index (χ3n) is 2.31. The molecule has 0 radical (unpaired) electrons. The van der Waals surface area contributed by atoms with Crippen LogP contribution in [0.3, 0.4) is 0 Å². The first-order valence-electron chi connectivity index (χ1n) is 6.00. The average molecular weight is 287 g/mol. The molecule has 1 aromatic rings. The molecule has 108 valence electrons. The molecule has 0 bridgehead atoms. The van der Waals surface area contributed by atoms with E-state index in [1.54, 1.807) is 33.3 Å². The molecular weight excluding hydrogens is 266 g/mol. The molecule has 0 aliphatic rings. The van der Waals surface area contributed by atoms with Crippen molar-refractivity contribution < 1.29 is 13.2 Å². The van der Waals surface area contributed by atoms with Crippen molar-refractivity contribution >= 4 is 10.0 Å². The molecule has 0 aliphatic heterocycles. The third-order valence-corrected chi connectivity index (χ3v) is 3.79. The normalized spacial score (nSPS) is 11.8. The molecule has 0 heterocycles. The van der Waals surface area contributed by atoms with Crippen molar-refractivity contribution in [2.75, 3.05) is 27.7 Å². The van der Waals surface area contributed by atoms with Gasteiger partial charge in [0, 0.05) is 26.2 Å². The van der Waals surface area contributed by atoms with E-state index in [-0.39, 0.29) is 4.90 Å². The average Bonchev–Trinajstić information content (AvgIpc) is 2.30. The minimum Gasteiger partial charge on any atom is -0.494 e. The Balaban J connectivity index is 3.14. The maximum Gasteiger partial charge on any atom is 0.253 e.